The van der Waals surface area contributed by atoms with Crippen LogP contribution in [0.2, 0.25) is 0 Å². The van der Waals surface area contributed by atoms with Crippen molar-refractivity contribution in [3.63, 3.8) is 0 Å². The lowest BCUT2D eigenvalue weighted by atomic mass is 9.83. The average Bonchev–Trinajstić information content (AvgIpc) is 3.22. The summed E-state index contributed by atoms with van der Waals surface area (Å²) in [5.41, 5.74) is 6.58. The molecular weight excluding hydrogens is 456 g/mol. The van der Waals surface area contributed by atoms with Gasteiger partial charge in [-0.3, -0.25) is 9.36 Å². The highest BCUT2D eigenvalue weighted by atomic mass is 32.1. The Morgan fingerprint density at radius 2 is 1.77 bits per heavy atom. The SMILES string of the molecule is COc1ccc(C=c2sc3n(c2=O)C(c2ccccc2)C2=C(N=3)c3ccccc3CC2)c(OC)c1. The third-order valence-electron chi connectivity index (χ3n) is 6.72. The molecule has 0 saturated carbocycles. The van der Waals surface area contributed by atoms with Gasteiger partial charge in [-0.25, -0.2) is 4.99 Å². The molecule has 0 fully saturated rings. The summed E-state index contributed by atoms with van der Waals surface area (Å²) in [6.07, 6.45) is 3.72. The van der Waals surface area contributed by atoms with Crippen molar-refractivity contribution < 1.29 is 9.47 Å². The summed E-state index contributed by atoms with van der Waals surface area (Å²) in [4.78, 5) is 19.6. The summed E-state index contributed by atoms with van der Waals surface area (Å²) in [7, 11) is 3.24. The Morgan fingerprint density at radius 3 is 2.57 bits per heavy atom. The zero-order valence-corrected chi connectivity index (χ0v) is 20.3. The monoisotopic (exact) mass is 480 g/mol. The van der Waals surface area contributed by atoms with Gasteiger partial charge >= 0.3 is 0 Å². The van der Waals surface area contributed by atoms with Crippen LogP contribution in [-0.4, -0.2) is 18.8 Å². The minimum Gasteiger partial charge on any atom is -0.497 e. The molecule has 6 rings (SSSR count). The van der Waals surface area contributed by atoms with E-state index in [2.05, 4.69) is 36.4 Å². The number of aryl methyl sites for hydroxylation is 1. The highest BCUT2D eigenvalue weighted by Crippen LogP contribution is 2.41. The molecule has 2 heterocycles. The number of benzene rings is 3. The van der Waals surface area contributed by atoms with Crippen molar-refractivity contribution in [3.8, 4) is 11.5 Å². The topological polar surface area (TPSA) is 52.8 Å². The van der Waals surface area contributed by atoms with Gasteiger partial charge in [-0.1, -0.05) is 65.9 Å². The number of rotatable bonds is 4. The van der Waals surface area contributed by atoms with Gasteiger partial charge in [0.1, 0.15) is 11.5 Å². The van der Waals surface area contributed by atoms with Crippen molar-refractivity contribution in [1.82, 2.24) is 4.57 Å². The second-order valence-corrected chi connectivity index (χ2v) is 9.64. The number of hydrogen-bond acceptors (Lipinski definition) is 5. The lowest BCUT2D eigenvalue weighted by molar-refractivity contribution is 0.393. The van der Waals surface area contributed by atoms with Crippen LogP contribution in [0.1, 0.15) is 34.7 Å². The van der Waals surface area contributed by atoms with E-state index in [1.165, 1.54) is 28.0 Å². The Bertz CT molecular complexity index is 1650. The van der Waals surface area contributed by atoms with Gasteiger partial charge in [0.2, 0.25) is 0 Å². The summed E-state index contributed by atoms with van der Waals surface area (Å²) in [6, 6.07) is 24.2. The number of ether oxygens (including phenoxy) is 2. The van der Waals surface area contributed by atoms with Crippen molar-refractivity contribution in [3.05, 3.63) is 120 Å². The molecule has 1 aliphatic carbocycles. The number of aromatic nitrogens is 1. The zero-order valence-electron chi connectivity index (χ0n) is 19.5. The van der Waals surface area contributed by atoms with Crippen LogP contribution in [0.3, 0.4) is 0 Å². The van der Waals surface area contributed by atoms with Crippen molar-refractivity contribution in [1.29, 1.82) is 0 Å². The first-order chi connectivity index (χ1) is 17.2. The third-order valence-corrected chi connectivity index (χ3v) is 7.70. The van der Waals surface area contributed by atoms with Gasteiger partial charge in [0, 0.05) is 17.2 Å². The van der Waals surface area contributed by atoms with E-state index in [-0.39, 0.29) is 11.6 Å². The lowest BCUT2D eigenvalue weighted by Crippen LogP contribution is -2.38. The van der Waals surface area contributed by atoms with Crippen LogP contribution in [0.25, 0.3) is 11.8 Å². The number of allylic oxidation sites excluding steroid dienone is 1. The standard InChI is InChI=1S/C29H24N2O3S/c1-33-21-14-12-20(24(17-21)34-2)16-25-28(32)31-27(19-9-4-3-5-10-19)23-15-13-18-8-6-7-11-22(18)26(23)30-29(31)35-25/h3-12,14,16-17,27H,13,15H2,1-2H3. The Kier molecular flexibility index (Phi) is 5.38. The molecule has 2 aliphatic rings. The van der Waals surface area contributed by atoms with E-state index in [0.717, 1.165) is 34.5 Å². The summed E-state index contributed by atoms with van der Waals surface area (Å²) >= 11 is 1.42. The molecule has 0 N–H and O–H groups in total. The highest BCUT2D eigenvalue weighted by molar-refractivity contribution is 7.07. The molecule has 35 heavy (non-hydrogen) atoms. The molecule has 1 unspecified atom stereocenters. The third kappa shape index (κ3) is 3.61. The molecule has 5 nitrogen and oxygen atoms in total. The van der Waals surface area contributed by atoms with Gasteiger partial charge in [0.05, 0.1) is 30.5 Å². The van der Waals surface area contributed by atoms with Crippen LogP contribution in [0.5, 0.6) is 11.5 Å². The minimum absolute atomic E-state index is 0.0362. The Morgan fingerprint density at radius 1 is 0.971 bits per heavy atom. The van der Waals surface area contributed by atoms with Crippen molar-refractivity contribution in [2.45, 2.75) is 18.9 Å². The van der Waals surface area contributed by atoms with E-state index in [0.29, 0.717) is 16.0 Å². The summed E-state index contributed by atoms with van der Waals surface area (Å²) in [5.74, 6) is 1.36. The zero-order chi connectivity index (χ0) is 23.9. The maximum atomic E-state index is 13.8. The molecule has 1 aromatic heterocycles. The summed E-state index contributed by atoms with van der Waals surface area (Å²) in [5, 5.41) is 0. The fourth-order valence-electron chi connectivity index (χ4n) is 5.04. The van der Waals surface area contributed by atoms with Crippen LogP contribution >= 0.6 is 11.3 Å². The predicted octanol–water partition coefficient (Wildman–Crippen LogP) is 4.34. The molecule has 3 aromatic carbocycles. The first-order valence-electron chi connectivity index (χ1n) is 11.6. The van der Waals surface area contributed by atoms with Gasteiger partial charge < -0.3 is 9.47 Å². The number of fused-ring (bicyclic) bond motifs is 3. The van der Waals surface area contributed by atoms with Crippen LogP contribution in [-0.2, 0) is 6.42 Å². The summed E-state index contributed by atoms with van der Waals surface area (Å²) < 4.78 is 13.4. The second-order valence-electron chi connectivity index (χ2n) is 8.63. The number of hydrogen-bond donors (Lipinski definition) is 0. The Balaban J connectivity index is 1.60. The normalized spacial score (nSPS) is 16.7. The quantitative estimate of drug-likeness (QED) is 0.437. The smallest absolute Gasteiger partial charge is 0.271 e. The number of methoxy groups -OCH3 is 2. The number of thiazole rings is 1. The molecule has 174 valence electrons. The predicted molar refractivity (Wildman–Crippen MR) is 139 cm³/mol. The Labute approximate surface area is 206 Å². The van der Waals surface area contributed by atoms with Crippen LogP contribution < -0.4 is 24.4 Å². The maximum Gasteiger partial charge on any atom is 0.271 e. The van der Waals surface area contributed by atoms with Crippen LogP contribution in [0.4, 0.5) is 0 Å². The molecular formula is C29H24N2O3S. The van der Waals surface area contributed by atoms with E-state index in [4.69, 9.17) is 14.5 Å². The second kappa shape index (κ2) is 8.71. The molecule has 0 radical (unpaired) electrons. The van der Waals surface area contributed by atoms with Crippen molar-refractivity contribution in [2.75, 3.05) is 14.2 Å². The van der Waals surface area contributed by atoms with Crippen molar-refractivity contribution in [2.24, 2.45) is 4.99 Å². The van der Waals surface area contributed by atoms with Gasteiger partial charge in [-0.05, 0) is 47.8 Å². The van der Waals surface area contributed by atoms with E-state index in [1.54, 1.807) is 14.2 Å². The molecule has 1 aliphatic heterocycles. The van der Waals surface area contributed by atoms with Gasteiger partial charge in [-0.2, -0.15) is 0 Å². The number of nitrogens with zero attached hydrogens (tertiary/aromatic N) is 2. The summed E-state index contributed by atoms with van der Waals surface area (Å²) in [6.45, 7) is 0. The maximum absolute atomic E-state index is 13.8. The molecule has 6 heteroatoms. The van der Waals surface area contributed by atoms with Crippen LogP contribution in [0.15, 0.2) is 88.2 Å². The lowest BCUT2D eigenvalue weighted by Gasteiger charge is -2.30. The van der Waals surface area contributed by atoms with Gasteiger partial charge in [-0.15, -0.1) is 0 Å². The van der Waals surface area contributed by atoms with E-state index >= 15 is 0 Å². The van der Waals surface area contributed by atoms with E-state index < -0.39 is 0 Å². The first-order valence-corrected chi connectivity index (χ1v) is 12.4. The highest BCUT2D eigenvalue weighted by Gasteiger charge is 2.32. The van der Waals surface area contributed by atoms with Gasteiger partial charge in [0.15, 0.2) is 4.80 Å². The van der Waals surface area contributed by atoms with Crippen molar-refractivity contribution >= 4 is 23.1 Å². The molecule has 1 atom stereocenters. The molecule has 0 saturated heterocycles. The van der Waals surface area contributed by atoms with Crippen LogP contribution in [0, 0.1) is 0 Å². The van der Waals surface area contributed by atoms with Gasteiger partial charge in [0.25, 0.3) is 5.56 Å². The largest absolute Gasteiger partial charge is 0.497 e. The fraction of sp³-hybridized carbons (Fsp3) is 0.172. The van der Waals surface area contributed by atoms with E-state index in [1.807, 2.05) is 47.0 Å². The molecule has 4 aromatic rings. The first kappa shape index (κ1) is 21.6. The molecule has 0 spiro atoms. The fourth-order valence-corrected chi connectivity index (χ4v) is 6.03. The minimum atomic E-state index is -0.171. The Hall–Kier alpha value is -3.90. The molecule has 0 amide bonds. The average molecular weight is 481 g/mol. The van der Waals surface area contributed by atoms with E-state index in [9.17, 15) is 4.79 Å². The molecule has 0 bridgehead atoms.